The molecular formula is C18H32O8Zr. The summed E-state index contributed by atoms with van der Waals surface area (Å²) in [5, 5.41) is 0. The molecule has 0 aliphatic rings. The van der Waals surface area contributed by atoms with Crippen LogP contribution >= 0.6 is 0 Å². The van der Waals surface area contributed by atoms with Gasteiger partial charge in [-0.15, -0.1) is 0 Å². The number of hydrogen-bond acceptors (Lipinski definition) is 8. The molecule has 0 saturated heterocycles. The molecule has 0 amide bonds. The van der Waals surface area contributed by atoms with Crippen molar-refractivity contribution >= 4 is 18.5 Å². The third-order valence-corrected chi connectivity index (χ3v) is 11.6. The zero-order chi connectivity index (χ0) is 21.0. The molecule has 0 aliphatic heterocycles. The first-order chi connectivity index (χ1) is 12.6. The van der Waals surface area contributed by atoms with Gasteiger partial charge in [-0.3, -0.25) is 0 Å². The summed E-state index contributed by atoms with van der Waals surface area (Å²) in [5.74, 6) is -0.896. The summed E-state index contributed by atoms with van der Waals surface area (Å²) >= 11 is -5.11. The Balaban J connectivity index is 5.60. The van der Waals surface area contributed by atoms with Crippen LogP contribution in [0.15, 0.2) is 0 Å². The molecule has 0 aromatic heterocycles. The van der Waals surface area contributed by atoms with Crippen LogP contribution in [0.4, 0.5) is 0 Å². The van der Waals surface area contributed by atoms with Gasteiger partial charge in [0.2, 0.25) is 0 Å². The van der Waals surface area contributed by atoms with Crippen molar-refractivity contribution in [1.82, 2.24) is 0 Å². The van der Waals surface area contributed by atoms with E-state index in [1.165, 1.54) is 0 Å². The van der Waals surface area contributed by atoms with Gasteiger partial charge in [0.15, 0.2) is 0 Å². The standard InChI is InChI=1S/2C6H9O3.2C3H7O.Zr/c2*1-2-9-5-6(8)3-4-7;2*1-3(2)4;/h2*2-3,5H2,1H3;2*3H,1-2H3;/q;;2*-1;+2. The SMILES string of the molecule is CCOCC(=O)C[C](=O)[Zr]([O]C(C)C)([O]C(C)C)[C](=O)CC(=O)COCC. The molecule has 27 heavy (non-hydrogen) atoms. The first-order valence-corrected chi connectivity index (χ1v) is 13.7. The molecule has 156 valence electrons. The molecule has 9 heteroatoms. The number of Topliss-reactive ketones (excluding diaryl/α,β-unsaturated/α-hetero) is 2. The molecule has 0 bridgehead atoms. The molecule has 8 nitrogen and oxygen atoms in total. The minimum atomic E-state index is -5.11. The molecule has 0 fully saturated rings. The van der Waals surface area contributed by atoms with E-state index in [0.29, 0.717) is 13.2 Å². The Hall–Kier alpha value is -0.597. The fraction of sp³-hybridized carbons (Fsp3) is 0.778. The fourth-order valence-corrected chi connectivity index (χ4v) is 9.81. The molecule has 0 aromatic carbocycles. The van der Waals surface area contributed by atoms with Gasteiger partial charge in [0.05, 0.1) is 0 Å². The second-order valence-corrected chi connectivity index (χ2v) is 13.4. The molecule has 0 radical (unpaired) electrons. The molecule has 0 saturated carbocycles. The van der Waals surface area contributed by atoms with Crippen LogP contribution in [0.5, 0.6) is 0 Å². The quantitative estimate of drug-likeness (QED) is 0.317. The van der Waals surface area contributed by atoms with Crippen LogP contribution in [-0.2, 0) is 55.4 Å². The maximum atomic E-state index is 13.0. The van der Waals surface area contributed by atoms with Gasteiger partial charge < -0.3 is 0 Å². The normalized spacial score (nSPS) is 11.9. The van der Waals surface area contributed by atoms with Crippen molar-refractivity contribution in [3.63, 3.8) is 0 Å². The molecule has 0 rings (SSSR count). The van der Waals surface area contributed by atoms with E-state index in [2.05, 4.69) is 0 Å². The van der Waals surface area contributed by atoms with E-state index in [1.54, 1.807) is 41.5 Å². The summed E-state index contributed by atoms with van der Waals surface area (Å²) in [6.45, 7) is 10.4. The maximum absolute atomic E-state index is 13.0. The Morgan fingerprint density at radius 1 is 0.704 bits per heavy atom. The van der Waals surface area contributed by atoms with Crippen LogP contribution < -0.4 is 0 Å². The van der Waals surface area contributed by atoms with Crippen LogP contribution in [0, 0.1) is 0 Å². The van der Waals surface area contributed by atoms with Gasteiger partial charge in [0.25, 0.3) is 0 Å². The monoisotopic (exact) mass is 466 g/mol. The predicted octanol–water partition coefficient (Wildman–Crippen LogP) is 1.86. The number of rotatable bonds is 16. The molecule has 0 aliphatic carbocycles. The van der Waals surface area contributed by atoms with Gasteiger partial charge in [-0.25, -0.2) is 0 Å². The Labute approximate surface area is 166 Å². The van der Waals surface area contributed by atoms with Crippen LogP contribution in [0.1, 0.15) is 54.4 Å². The Morgan fingerprint density at radius 2 is 1.04 bits per heavy atom. The number of hydrogen-bond donors (Lipinski definition) is 0. The van der Waals surface area contributed by atoms with Gasteiger partial charge >= 0.3 is 167 Å². The van der Waals surface area contributed by atoms with Crippen LogP contribution in [0.3, 0.4) is 0 Å². The van der Waals surface area contributed by atoms with Gasteiger partial charge in [-0.05, 0) is 0 Å². The Bertz CT molecular complexity index is 469. The first-order valence-electron chi connectivity index (χ1n) is 9.20. The van der Waals surface area contributed by atoms with E-state index in [9.17, 15) is 19.2 Å². The molecule has 0 aromatic rings. The molecule has 0 N–H and O–H groups in total. The predicted molar refractivity (Wildman–Crippen MR) is 94.7 cm³/mol. The molecule has 0 atom stereocenters. The van der Waals surface area contributed by atoms with E-state index >= 15 is 0 Å². The van der Waals surface area contributed by atoms with Gasteiger partial charge in [-0.1, -0.05) is 0 Å². The van der Waals surface area contributed by atoms with Crippen molar-refractivity contribution < 1.29 is 55.4 Å². The summed E-state index contributed by atoms with van der Waals surface area (Å²) < 4.78 is 20.4. The third kappa shape index (κ3) is 9.95. The molecule has 0 unspecified atom stereocenters. The van der Waals surface area contributed by atoms with Gasteiger partial charge in [0.1, 0.15) is 0 Å². The first kappa shape index (κ1) is 26.4. The fourth-order valence-electron chi connectivity index (χ4n) is 2.23. The summed E-state index contributed by atoms with van der Waals surface area (Å²) in [7, 11) is 0. The van der Waals surface area contributed by atoms with Crippen molar-refractivity contribution in [3.8, 4) is 0 Å². The van der Waals surface area contributed by atoms with Gasteiger partial charge in [-0.2, -0.15) is 0 Å². The number of ketones is 2. The zero-order valence-electron chi connectivity index (χ0n) is 17.2. The summed E-state index contributed by atoms with van der Waals surface area (Å²) in [6, 6.07) is 0. The Kier molecular flexibility index (Phi) is 13.3. The van der Waals surface area contributed by atoms with Crippen molar-refractivity contribution in [3.05, 3.63) is 0 Å². The van der Waals surface area contributed by atoms with Crippen molar-refractivity contribution in [2.75, 3.05) is 26.4 Å². The van der Waals surface area contributed by atoms with E-state index in [4.69, 9.17) is 15.1 Å². The minimum absolute atomic E-state index is 0.217. The second kappa shape index (κ2) is 13.6. The summed E-state index contributed by atoms with van der Waals surface area (Å²) in [6.07, 6.45) is -1.92. The molecule has 0 heterocycles. The van der Waals surface area contributed by atoms with E-state index in [-0.39, 0.29) is 13.2 Å². The van der Waals surface area contributed by atoms with E-state index in [1.807, 2.05) is 0 Å². The van der Waals surface area contributed by atoms with Crippen molar-refractivity contribution in [2.45, 2.75) is 66.6 Å². The van der Waals surface area contributed by atoms with Crippen LogP contribution in [-0.4, -0.2) is 57.2 Å². The Morgan fingerprint density at radius 3 is 1.30 bits per heavy atom. The third-order valence-electron chi connectivity index (χ3n) is 3.19. The summed E-state index contributed by atoms with van der Waals surface area (Å²) in [4.78, 5) is 49.9. The average Bonchev–Trinajstić information content (AvgIpc) is 2.56. The van der Waals surface area contributed by atoms with E-state index in [0.717, 1.165) is 0 Å². The van der Waals surface area contributed by atoms with E-state index < -0.39 is 64.7 Å². The number of carbonyl (C=O) groups excluding carboxylic acids is 4. The summed E-state index contributed by atoms with van der Waals surface area (Å²) in [5.41, 5.74) is 0. The zero-order valence-corrected chi connectivity index (χ0v) is 19.6. The molecule has 0 spiro atoms. The van der Waals surface area contributed by atoms with Crippen molar-refractivity contribution in [1.29, 1.82) is 0 Å². The number of ether oxygens (including phenoxy) is 2. The van der Waals surface area contributed by atoms with Crippen LogP contribution in [0.25, 0.3) is 0 Å². The second-order valence-electron chi connectivity index (χ2n) is 6.50. The average molecular weight is 468 g/mol. The molecular weight excluding hydrogens is 435 g/mol. The van der Waals surface area contributed by atoms with Crippen molar-refractivity contribution in [2.24, 2.45) is 0 Å². The van der Waals surface area contributed by atoms with Gasteiger partial charge in [0, 0.05) is 0 Å². The number of carbonyl (C=O) groups is 4. The van der Waals surface area contributed by atoms with Crippen LogP contribution in [0.2, 0.25) is 0 Å². The topological polar surface area (TPSA) is 105 Å².